The highest BCUT2D eigenvalue weighted by Gasteiger charge is 2.28. The maximum absolute atomic E-state index is 13.0. The first-order chi connectivity index (χ1) is 15.4. The Morgan fingerprint density at radius 1 is 1.03 bits per heavy atom. The maximum atomic E-state index is 13.0. The van der Waals surface area contributed by atoms with Gasteiger partial charge in [0.1, 0.15) is 12.4 Å². The van der Waals surface area contributed by atoms with Crippen LogP contribution in [0.1, 0.15) is 5.56 Å². The van der Waals surface area contributed by atoms with Gasteiger partial charge in [0.05, 0.1) is 17.7 Å². The van der Waals surface area contributed by atoms with Crippen molar-refractivity contribution in [2.75, 3.05) is 23.8 Å². The number of hydrogen-bond donors (Lipinski definition) is 2. The van der Waals surface area contributed by atoms with Crippen LogP contribution in [0.2, 0.25) is 0 Å². The summed E-state index contributed by atoms with van der Waals surface area (Å²) in [6.07, 6.45) is -0.863. The molecule has 1 heterocycles. The highest BCUT2D eigenvalue weighted by Crippen LogP contribution is 2.32. The van der Waals surface area contributed by atoms with E-state index in [1.54, 1.807) is 61.5 Å². The number of fused-ring (bicyclic) bond motifs is 1. The first kappa shape index (κ1) is 21.5. The van der Waals surface area contributed by atoms with Crippen LogP contribution in [-0.2, 0) is 14.8 Å². The van der Waals surface area contributed by atoms with E-state index in [1.165, 1.54) is 13.2 Å². The Hall–Kier alpha value is -3.72. The van der Waals surface area contributed by atoms with Crippen LogP contribution in [0.3, 0.4) is 0 Å². The number of ether oxygens (including phenoxy) is 3. The Bertz CT molecular complexity index is 1260. The van der Waals surface area contributed by atoms with Crippen LogP contribution < -0.4 is 24.2 Å². The number of sulfonamides is 1. The second-order valence-corrected chi connectivity index (χ2v) is 8.79. The third-order valence-electron chi connectivity index (χ3n) is 4.90. The van der Waals surface area contributed by atoms with E-state index in [4.69, 9.17) is 14.2 Å². The summed E-state index contributed by atoms with van der Waals surface area (Å²) in [5, 5.41) is 2.71. The average Bonchev–Trinajstić information content (AvgIpc) is 2.80. The van der Waals surface area contributed by atoms with Gasteiger partial charge >= 0.3 is 0 Å². The molecule has 0 fully saturated rings. The quantitative estimate of drug-likeness (QED) is 0.590. The van der Waals surface area contributed by atoms with Crippen molar-refractivity contribution in [3.05, 3.63) is 72.3 Å². The lowest BCUT2D eigenvalue weighted by molar-refractivity contribution is -0.125. The summed E-state index contributed by atoms with van der Waals surface area (Å²) in [5.41, 5.74) is 1.16. The zero-order valence-electron chi connectivity index (χ0n) is 17.5. The lowest BCUT2D eigenvalue weighted by Gasteiger charge is -2.25. The molecule has 1 aliphatic heterocycles. The molecular formula is C23H22N2O6S. The first-order valence-electron chi connectivity index (χ1n) is 9.83. The number of nitrogens with one attached hydrogen (secondary N) is 2. The van der Waals surface area contributed by atoms with E-state index in [-0.39, 0.29) is 11.5 Å². The van der Waals surface area contributed by atoms with Gasteiger partial charge < -0.3 is 19.5 Å². The van der Waals surface area contributed by atoms with E-state index in [2.05, 4.69) is 10.0 Å². The van der Waals surface area contributed by atoms with Gasteiger partial charge in [-0.15, -0.1) is 0 Å². The maximum Gasteiger partial charge on any atom is 0.269 e. The van der Waals surface area contributed by atoms with E-state index < -0.39 is 22.0 Å². The van der Waals surface area contributed by atoms with Crippen LogP contribution in [-0.4, -0.2) is 34.1 Å². The molecule has 3 aromatic rings. The van der Waals surface area contributed by atoms with E-state index in [1.807, 2.05) is 6.07 Å². The normalized spacial score (nSPS) is 15.0. The Labute approximate surface area is 186 Å². The topological polar surface area (TPSA) is 103 Å². The van der Waals surface area contributed by atoms with Gasteiger partial charge in [0, 0.05) is 5.69 Å². The minimum Gasteiger partial charge on any atom is -0.495 e. The number of amides is 1. The lowest BCUT2D eigenvalue weighted by Crippen LogP contribution is -2.40. The van der Waals surface area contributed by atoms with Gasteiger partial charge in [-0.3, -0.25) is 9.52 Å². The van der Waals surface area contributed by atoms with E-state index in [0.29, 0.717) is 34.2 Å². The van der Waals surface area contributed by atoms with Crippen molar-refractivity contribution in [2.24, 2.45) is 0 Å². The number of carbonyl (C=O) groups excluding carboxylic acids is 1. The zero-order valence-corrected chi connectivity index (χ0v) is 18.3. The van der Waals surface area contributed by atoms with Crippen molar-refractivity contribution < 1.29 is 27.4 Å². The average molecular weight is 455 g/mol. The third-order valence-corrected chi connectivity index (χ3v) is 6.41. The monoisotopic (exact) mass is 454 g/mol. The molecule has 1 aliphatic rings. The summed E-state index contributed by atoms with van der Waals surface area (Å²) in [5.74, 6) is 1.01. The number of rotatable bonds is 6. The summed E-state index contributed by atoms with van der Waals surface area (Å²) < 4.78 is 45.1. The van der Waals surface area contributed by atoms with Gasteiger partial charge in [-0.05, 0) is 48.9 Å². The number of carbonyl (C=O) groups is 1. The summed E-state index contributed by atoms with van der Waals surface area (Å²) in [6, 6.07) is 18.5. The SMILES string of the molecule is COc1ccccc1NS(=O)(=O)c1cc(NC(=O)C2COc3ccccc3O2)ccc1C. The summed E-state index contributed by atoms with van der Waals surface area (Å²) in [6.45, 7) is 1.73. The molecule has 1 atom stereocenters. The van der Waals surface area contributed by atoms with Crippen LogP contribution in [0.5, 0.6) is 17.2 Å². The number of para-hydroxylation sites is 4. The van der Waals surface area contributed by atoms with Gasteiger partial charge in [0.15, 0.2) is 11.5 Å². The first-order valence-corrected chi connectivity index (χ1v) is 11.3. The predicted octanol–water partition coefficient (Wildman–Crippen LogP) is 3.58. The van der Waals surface area contributed by atoms with Gasteiger partial charge in [-0.1, -0.05) is 30.3 Å². The second-order valence-electron chi connectivity index (χ2n) is 7.14. The van der Waals surface area contributed by atoms with Crippen molar-refractivity contribution in [3.63, 3.8) is 0 Å². The van der Waals surface area contributed by atoms with Gasteiger partial charge in [-0.2, -0.15) is 0 Å². The molecule has 9 heteroatoms. The largest absolute Gasteiger partial charge is 0.495 e. The number of hydrogen-bond acceptors (Lipinski definition) is 6. The van der Waals surface area contributed by atoms with Crippen molar-refractivity contribution >= 4 is 27.3 Å². The fourth-order valence-corrected chi connectivity index (χ4v) is 4.61. The van der Waals surface area contributed by atoms with Gasteiger partial charge in [0.2, 0.25) is 6.10 Å². The van der Waals surface area contributed by atoms with Gasteiger partial charge in [-0.25, -0.2) is 8.42 Å². The fraction of sp³-hybridized carbons (Fsp3) is 0.174. The van der Waals surface area contributed by atoms with Crippen molar-refractivity contribution in [2.45, 2.75) is 17.9 Å². The molecule has 0 aliphatic carbocycles. The highest BCUT2D eigenvalue weighted by atomic mass is 32.2. The van der Waals surface area contributed by atoms with Crippen LogP contribution >= 0.6 is 0 Å². The Morgan fingerprint density at radius 3 is 2.53 bits per heavy atom. The molecule has 4 rings (SSSR count). The zero-order chi connectivity index (χ0) is 22.7. The highest BCUT2D eigenvalue weighted by molar-refractivity contribution is 7.92. The van der Waals surface area contributed by atoms with Gasteiger partial charge in [0.25, 0.3) is 15.9 Å². The molecule has 32 heavy (non-hydrogen) atoms. The number of benzene rings is 3. The number of anilines is 2. The van der Waals surface area contributed by atoms with E-state index in [9.17, 15) is 13.2 Å². The molecule has 0 saturated heterocycles. The predicted molar refractivity (Wildman–Crippen MR) is 120 cm³/mol. The smallest absolute Gasteiger partial charge is 0.269 e. The van der Waals surface area contributed by atoms with E-state index in [0.717, 1.165) is 0 Å². The molecule has 1 unspecified atom stereocenters. The molecular weight excluding hydrogens is 432 g/mol. The van der Waals surface area contributed by atoms with Crippen LogP contribution in [0.4, 0.5) is 11.4 Å². The van der Waals surface area contributed by atoms with Crippen LogP contribution in [0, 0.1) is 6.92 Å². The van der Waals surface area contributed by atoms with Crippen LogP contribution in [0.25, 0.3) is 0 Å². The molecule has 1 amide bonds. The second kappa shape index (κ2) is 8.80. The Kier molecular flexibility index (Phi) is 5.91. The molecule has 3 aromatic carbocycles. The molecule has 0 aromatic heterocycles. The minimum atomic E-state index is -3.94. The standard InChI is InChI=1S/C23H22N2O6S/c1-15-11-12-16(24-23(26)21-14-30-19-9-5-6-10-20(19)31-21)13-22(15)32(27,28)25-17-7-3-4-8-18(17)29-2/h3-13,21,25H,14H2,1-2H3,(H,24,26). The molecule has 8 nitrogen and oxygen atoms in total. The summed E-state index contributed by atoms with van der Waals surface area (Å²) in [4.78, 5) is 12.7. The van der Waals surface area contributed by atoms with Crippen LogP contribution in [0.15, 0.2) is 71.6 Å². The summed E-state index contributed by atoms with van der Waals surface area (Å²) >= 11 is 0. The Balaban J connectivity index is 1.53. The van der Waals surface area contributed by atoms with E-state index >= 15 is 0 Å². The number of methoxy groups -OCH3 is 1. The minimum absolute atomic E-state index is 0.0346. The molecule has 0 bridgehead atoms. The fourth-order valence-electron chi connectivity index (χ4n) is 3.27. The molecule has 166 valence electrons. The molecule has 0 saturated carbocycles. The van der Waals surface area contributed by atoms with Crippen molar-refractivity contribution in [1.82, 2.24) is 0 Å². The van der Waals surface area contributed by atoms with Crippen molar-refractivity contribution in [1.29, 1.82) is 0 Å². The molecule has 0 spiro atoms. The molecule has 0 radical (unpaired) electrons. The Morgan fingerprint density at radius 2 is 1.75 bits per heavy atom. The molecule has 2 N–H and O–H groups in total. The van der Waals surface area contributed by atoms with Crippen molar-refractivity contribution in [3.8, 4) is 17.2 Å². The lowest BCUT2D eigenvalue weighted by atomic mass is 10.2. The summed E-state index contributed by atoms with van der Waals surface area (Å²) in [7, 11) is -2.47. The number of aryl methyl sites for hydroxylation is 1. The third kappa shape index (κ3) is 4.47.